The first-order chi connectivity index (χ1) is 16.5. The highest BCUT2D eigenvalue weighted by Crippen LogP contribution is 2.38. The number of rotatable bonds is 8. The average Bonchev–Trinajstić information content (AvgIpc) is 3.28. The summed E-state index contributed by atoms with van der Waals surface area (Å²) in [5.41, 5.74) is 7.21. The maximum atomic E-state index is 5.72. The fourth-order valence-electron chi connectivity index (χ4n) is 4.04. The van der Waals surface area contributed by atoms with E-state index < -0.39 is 0 Å². The minimum atomic E-state index is 0.622. The smallest absolute Gasteiger partial charge is 0.132 e. The van der Waals surface area contributed by atoms with Gasteiger partial charge in [0.15, 0.2) is 0 Å². The van der Waals surface area contributed by atoms with E-state index in [9.17, 15) is 0 Å². The highest BCUT2D eigenvalue weighted by atomic mass is 16.5. The van der Waals surface area contributed by atoms with Gasteiger partial charge < -0.3 is 18.9 Å². The zero-order chi connectivity index (χ0) is 24.2. The second kappa shape index (κ2) is 9.91. The summed E-state index contributed by atoms with van der Waals surface area (Å²) in [6.45, 7) is 4.85. The lowest BCUT2D eigenvalue weighted by molar-refractivity contribution is 0.395. The Morgan fingerprint density at radius 1 is 0.676 bits per heavy atom. The second-order valence-corrected chi connectivity index (χ2v) is 8.13. The van der Waals surface area contributed by atoms with Crippen LogP contribution in [-0.4, -0.2) is 38.2 Å². The van der Waals surface area contributed by atoms with E-state index >= 15 is 0 Å². The molecule has 3 aromatic carbocycles. The molecule has 0 radical (unpaired) electrons. The quantitative estimate of drug-likeness (QED) is 0.328. The van der Waals surface area contributed by atoms with Crippen molar-refractivity contribution in [3.05, 3.63) is 77.4 Å². The maximum Gasteiger partial charge on any atom is 0.132 e. The van der Waals surface area contributed by atoms with Crippen LogP contribution in [-0.2, 0) is 6.54 Å². The summed E-state index contributed by atoms with van der Waals surface area (Å²) in [6, 6.07) is 20.1. The molecule has 0 amide bonds. The Bertz CT molecular complexity index is 1310. The Hall–Kier alpha value is -3.93. The molecule has 4 aromatic rings. The number of methoxy groups -OCH3 is 4. The molecule has 0 aliphatic rings. The van der Waals surface area contributed by atoms with Crippen LogP contribution < -0.4 is 18.9 Å². The molecule has 176 valence electrons. The van der Waals surface area contributed by atoms with Crippen LogP contribution in [0, 0.1) is 13.8 Å². The van der Waals surface area contributed by atoms with Gasteiger partial charge in [-0.3, -0.25) is 4.68 Å². The molecule has 0 unspecified atom stereocenters. The highest BCUT2D eigenvalue weighted by Gasteiger charge is 2.19. The molecule has 4 rings (SSSR count). The monoisotopic (exact) mass is 458 g/mol. The van der Waals surface area contributed by atoms with E-state index in [1.165, 1.54) is 16.7 Å². The number of benzene rings is 3. The Kier molecular flexibility index (Phi) is 6.77. The molecule has 0 aliphatic heterocycles. The summed E-state index contributed by atoms with van der Waals surface area (Å²) in [5, 5.41) is 5.01. The van der Waals surface area contributed by atoms with Gasteiger partial charge in [-0.1, -0.05) is 23.8 Å². The first-order valence-electron chi connectivity index (χ1n) is 11.1. The second-order valence-electron chi connectivity index (χ2n) is 8.13. The van der Waals surface area contributed by atoms with Crippen LogP contribution in [0.1, 0.15) is 16.7 Å². The summed E-state index contributed by atoms with van der Waals surface area (Å²) in [4.78, 5) is 0. The zero-order valence-electron chi connectivity index (χ0n) is 20.5. The van der Waals surface area contributed by atoms with E-state index in [1.807, 2.05) is 41.1 Å². The minimum absolute atomic E-state index is 0.622. The molecular formula is C28H30N2O4. The summed E-state index contributed by atoms with van der Waals surface area (Å²) in [7, 11) is 6.60. The van der Waals surface area contributed by atoms with E-state index in [0.29, 0.717) is 12.3 Å². The summed E-state index contributed by atoms with van der Waals surface area (Å²) in [6.07, 6.45) is 0. The number of hydrogen-bond donors (Lipinski definition) is 0. The van der Waals surface area contributed by atoms with E-state index in [-0.39, 0.29) is 0 Å². The van der Waals surface area contributed by atoms with Crippen LogP contribution in [0.25, 0.3) is 22.5 Å². The van der Waals surface area contributed by atoms with E-state index in [2.05, 4.69) is 38.1 Å². The van der Waals surface area contributed by atoms with Crippen LogP contribution in [0.3, 0.4) is 0 Å². The molecular weight excluding hydrogens is 428 g/mol. The lowest BCUT2D eigenvalue weighted by Gasteiger charge is -2.14. The van der Waals surface area contributed by atoms with Crippen LogP contribution in [0.4, 0.5) is 0 Å². The lowest BCUT2D eigenvalue weighted by atomic mass is 10.0. The third-order valence-corrected chi connectivity index (χ3v) is 5.97. The molecule has 6 nitrogen and oxygen atoms in total. The van der Waals surface area contributed by atoms with Crippen molar-refractivity contribution in [3.8, 4) is 45.5 Å². The van der Waals surface area contributed by atoms with Crippen LogP contribution in [0.15, 0.2) is 60.7 Å². The van der Waals surface area contributed by atoms with E-state index in [0.717, 1.165) is 39.8 Å². The highest BCUT2D eigenvalue weighted by molar-refractivity contribution is 5.76. The largest absolute Gasteiger partial charge is 0.497 e. The molecule has 0 aliphatic carbocycles. The summed E-state index contributed by atoms with van der Waals surface area (Å²) in [5.74, 6) is 2.88. The first-order valence-corrected chi connectivity index (χ1v) is 11.1. The van der Waals surface area contributed by atoms with E-state index in [4.69, 9.17) is 24.0 Å². The van der Waals surface area contributed by atoms with Gasteiger partial charge in [-0.15, -0.1) is 0 Å². The van der Waals surface area contributed by atoms with Crippen molar-refractivity contribution >= 4 is 0 Å². The normalized spacial score (nSPS) is 10.8. The molecule has 1 heterocycles. The first kappa shape index (κ1) is 23.2. The van der Waals surface area contributed by atoms with Gasteiger partial charge in [-0.05, 0) is 55.3 Å². The van der Waals surface area contributed by atoms with Crippen LogP contribution >= 0.6 is 0 Å². The van der Waals surface area contributed by atoms with Gasteiger partial charge in [0.1, 0.15) is 23.0 Å². The van der Waals surface area contributed by atoms with Crippen LogP contribution in [0.5, 0.6) is 23.0 Å². The zero-order valence-corrected chi connectivity index (χ0v) is 20.5. The molecule has 0 fully saturated rings. The molecule has 0 saturated heterocycles. The van der Waals surface area contributed by atoms with E-state index in [1.54, 1.807) is 28.4 Å². The average molecular weight is 459 g/mol. The SMILES string of the molecule is COc1ccc(-c2cc(-c3ccc(OC)cc3OC)n(Cc3cc(C)ccc3C)n2)c(OC)c1. The Morgan fingerprint density at radius 2 is 1.29 bits per heavy atom. The van der Waals surface area contributed by atoms with Gasteiger partial charge >= 0.3 is 0 Å². The number of ether oxygens (including phenoxy) is 4. The third-order valence-electron chi connectivity index (χ3n) is 5.97. The molecule has 0 N–H and O–H groups in total. The lowest BCUT2D eigenvalue weighted by Crippen LogP contribution is -2.06. The Labute approximate surface area is 200 Å². The third kappa shape index (κ3) is 4.57. The number of aromatic nitrogens is 2. The molecule has 0 atom stereocenters. The fourth-order valence-corrected chi connectivity index (χ4v) is 4.04. The van der Waals surface area contributed by atoms with Gasteiger partial charge in [-0.2, -0.15) is 5.10 Å². The Balaban J connectivity index is 1.90. The van der Waals surface area contributed by atoms with Gasteiger partial charge in [0, 0.05) is 23.3 Å². The van der Waals surface area contributed by atoms with Crippen molar-refractivity contribution < 1.29 is 18.9 Å². The van der Waals surface area contributed by atoms with Crippen molar-refractivity contribution in [2.24, 2.45) is 0 Å². The fraction of sp³-hybridized carbons (Fsp3) is 0.250. The van der Waals surface area contributed by atoms with Gasteiger partial charge in [-0.25, -0.2) is 0 Å². The molecule has 0 saturated carbocycles. The van der Waals surface area contributed by atoms with Gasteiger partial charge in [0.2, 0.25) is 0 Å². The molecule has 0 bridgehead atoms. The number of aryl methyl sites for hydroxylation is 2. The topological polar surface area (TPSA) is 54.7 Å². The van der Waals surface area contributed by atoms with Crippen molar-refractivity contribution in [1.29, 1.82) is 0 Å². The number of hydrogen-bond acceptors (Lipinski definition) is 5. The van der Waals surface area contributed by atoms with Crippen molar-refractivity contribution in [2.75, 3.05) is 28.4 Å². The standard InChI is InChI=1S/C28H30N2O4/c1-18-7-8-19(2)20(13-18)17-30-26(24-12-10-22(32-4)15-28(24)34-6)16-25(29-30)23-11-9-21(31-3)14-27(23)33-5/h7-16H,17H2,1-6H3. The number of nitrogens with zero attached hydrogens (tertiary/aromatic N) is 2. The van der Waals surface area contributed by atoms with Gasteiger partial charge in [0.05, 0.1) is 46.4 Å². The molecule has 34 heavy (non-hydrogen) atoms. The van der Waals surface area contributed by atoms with Crippen LogP contribution in [0.2, 0.25) is 0 Å². The Morgan fingerprint density at radius 3 is 1.91 bits per heavy atom. The van der Waals surface area contributed by atoms with Crippen molar-refractivity contribution in [2.45, 2.75) is 20.4 Å². The predicted octanol–water partition coefficient (Wildman–Crippen LogP) is 5.92. The van der Waals surface area contributed by atoms with Crippen molar-refractivity contribution in [3.63, 3.8) is 0 Å². The minimum Gasteiger partial charge on any atom is -0.497 e. The predicted molar refractivity (Wildman–Crippen MR) is 134 cm³/mol. The molecule has 6 heteroatoms. The maximum absolute atomic E-state index is 5.72. The molecule has 1 aromatic heterocycles. The molecule has 0 spiro atoms. The van der Waals surface area contributed by atoms with Crippen molar-refractivity contribution in [1.82, 2.24) is 9.78 Å². The summed E-state index contributed by atoms with van der Waals surface area (Å²) >= 11 is 0. The summed E-state index contributed by atoms with van der Waals surface area (Å²) < 4.78 is 24.2. The van der Waals surface area contributed by atoms with Gasteiger partial charge in [0.25, 0.3) is 0 Å².